The molecule has 2 nitrogen and oxygen atoms in total. The van der Waals surface area contributed by atoms with Crippen LogP contribution in [0.5, 0.6) is 0 Å². The summed E-state index contributed by atoms with van der Waals surface area (Å²) >= 11 is 0. The zero-order chi connectivity index (χ0) is 6.53. The number of hydrogen-bond donors (Lipinski definition) is 2. The van der Waals surface area contributed by atoms with E-state index in [0.717, 1.165) is 5.88 Å². The summed E-state index contributed by atoms with van der Waals surface area (Å²) < 4.78 is 0. The van der Waals surface area contributed by atoms with Crippen LogP contribution in [0.3, 0.4) is 0 Å². The number of thiol groups is 1. The zero-order valence-corrected chi connectivity index (χ0v) is 5.77. The molecule has 1 heterocycles. The fourth-order valence-electron chi connectivity index (χ4n) is 0.599. The van der Waals surface area contributed by atoms with Gasteiger partial charge in [-0.1, -0.05) is 12.2 Å². The van der Waals surface area contributed by atoms with Crippen molar-refractivity contribution in [3.63, 3.8) is 0 Å². The Kier molecular flexibility index (Phi) is 2.39. The number of nitrogens with one attached hydrogen (secondary N) is 1. The SMILES string of the molecule is O=[C]NC[SH]1C=CC=C1. The molecule has 0 aromatic heterocycles. The number of amides is 1. The van der Waals surface area contributed by atoms with Crippen LogP contribution in [0, 0.1) is 0 Å². The van der Waals surface area contributed by atoms with Crippen molar-refractivity contribution in [2.75, 3.05) is 5.88 Å². The van der Waals surface area contributed by atoms with Gasteiger partial charge in [0.15, 0.2) is 0 Å². The van der Waals surface area contributed by atoms with Crippen LogP contribution >= 0.6 is 10.9 Å². The number of allylic oxidation sites excluding steroid dienone is 2. The highest BCUT2D eigenvalue weighted by Gasteiger charge is 1.95. The molecule has 1 radical (unpaired) electrons. The lowest BCUT2D eigenvalue weighted by Gasteiger charge is -2.05. The standard InChI is InChI=1S/C6H8NOS/c8-5-7-6-9-3-1-2-4-9/h1-4,9H,6H2,(H,7,8). The average Bonchev–Trinajstić information content (AvgIpc) is 2.34. The maximum atomic E-state index is 9.69. The minimum absolute atomic E-state index is 0.186. The van der Waals surface area contributed by atoms with E-state index in [4.69, 9.17) is 0 Å². The molecule has 3 heteroatoms. The second-order valence-electron chi connectivity index (χ2n) is 1.63. The van der Waals surface area contributed by atoms with E-state index >= 15 is 0 Å². The Labute approximate surface area is 57.0 Å². The molecule has 0 aromatic rings. The van der Waals surface area contributed by atoms with E-state index in [1.54, 1.807) is 6.41 Å². The Bertz CT molecular complexity index is 141. The highest BCUT2D eigenvalue weighted by atomic mass is 32.2. The van der Waals surface area contributed by atoms with E-state index < -0.39 is 0 Å². The molecule has 0 atom stereocenters. The summed E-state index contributed by atoms with van der Waals surface area (Å²) in [5, 5.41) is 6.70. The van der Waals surface area contributed by atoms with Gasteiger partial charge in [0.25, 0.3) is 0 Å². The van der Waals surface area contributed by atoms with Gasteiger partial charge < -0.3 is 5.32 Å². The Hall–Kier alpha value is -0.700. The highest BCUT2D eigenvalue weighted by molar-refractivity contribution is 8.22. The minimum atomic E-state index is -0.186. The topological polar surface area (TPSA) is 29.1 Å². The summed E-state index contributed by atoms with van der Waals surface area (Å²) in [6.07, 6.45) is 5.64. The summed E-state index contributed by atoms with van der Waals surface area (Å²) in [5.41, 5.74) is 0. The second kappa shape index (κ2) is 3.35. The van der Waals surface area contributed by atoms with Gasteiger partial charge in [0.1, 0.15) is 0 Å². The third-order valence-electron chi connectivity index (χ3n) is 1.000. The Balaban J connectivity index is 2.20. The second-order valence-corrected chi connectivity index (χ2v) is 3.58. The first kappa shape index (κ1) is 6.42. The first-order chi connectivity index (χ1) is 4.43. The van der Waals surface area contributed by atoms with Crippen molar-refractivity contribution in [1.29, 1.82) is 0 Å². The van der Waals surface area contributed by atoms with Crippen LogP contribution in [0.2, 0.25) is 0 Å². The number of hydrogen-bond acceptors (Lipinski definition) is 1. The molecule has 1 rings (SSSR count). The fraction of sp³-hybridized carbons (Fsp3) is 0.167. The van der Waals surface area contributed by atoms with Gasteiger partial charge in [-0.2, -0.15) is 10.9 Å². The van der Waals surface area contributed by atoms with E-state index in [0.29, 0.717) is 0 Å². The van der Waals surface area contributed by atoms with E-state index in [1.807, 2.05) is 12.2 Å². The maximum absolute atomic E-state index is 9.69. The molecule has 1 aliphatic heterocycles. The van der Waals surface area contributed by atoms with Crippen LogP contribution in [-0.4, -0.2) is 12.3 Å². The molecule has 1 N–H and O–H groups in total. The molecule has 1 amide bonds. The van der Waals surface area contributed by atoms with E-state index in [9.17, 15) is 4.79 Å². The van der Waals surface area contributed by atoms with Crippen molar-refractivity contribution >= 4 is 17.3 Å². The molecule has 0 spiro atoms. The van der Waals surface area contributed by atoms with Gasteiger partial charge in [-0.15, -0.1) is 0 Å². The van der Waals surface area contributed by atoms with Crippen molar-refractivity contribution in [2.45, 2.75) is 0 Å². The van der Waals surface area contributed by atoms with Crippen molar-refractivity contribution in [3.05, 3.63) is 23.0 Å². The first-order valence-corrected chi connectivity index (χ1v) is 4.31. The van der Waals surface area contributed by atoms with Gasteiger partial charge in [0, 0.05) is 0 Å². The molecular formula is C6H8NOS. The smallest absolute Gasteiger partial charge is 0.309 e. The Morgan fingerprint density at radius 2 is 2.11 bits per heavy atom. The first-order valence-electron chi connectivity index (χ1n) is 2.64. The lowest BCUT2D eigenvalue weighted by Crippen LogP contribution is -2.10. The summed E-state index contributed by atoms with van der Waals surface area (Å²) in [4.78, 5) is 9.69. The van der Waals surface area contributed by atoms with Crippen LogP contribution in [0.1, 0.15) is 0 Å². The lowest BCUT2D eigenvalue weighted by atomic mass is 10.6. The molecule has 1 aliphatic rings. The third kappa shape index (κ3) is 1.93. The minimum Gasteiger partial charge on any atom is -0.340 e. The lowest BCUT2D eigenvalue weighted by molar-refractivity contribution is 0.547. The van der Waals surface area contributed by atoms with Gasteiger partial charge in [-0.05, 0) is 10.8 Å². The number of rotatable bonds is 3. The maximum Gasteiger partial charge on any atom is 0.309 e. The Morgan fingerprint density at radius 3 is 2.67 bits per heavy atom. The molecule has 0 bridgehead atoms. The van der Waals surface area contributed by atoms with Gasteiger partial charge in [-0.3, -0.25) is 4.79 Å². The summed E-state index contributed by atoms with van der Waals surface area (Å²) in [7, 11) is -0.186. The zero-order valence-electron chi connectivity index (χ0n) is 4.87. The molecule has 0 fully saturated rings. The normalized spacial score (nSPS) is 18.4. The largest absolute Gasteiger partial charge is 0.340 e. The number of carbonyl (C=O) groups excluding carboxylic acids is 1. The third-order valence-corrected chi connectivity index (χ3v) is 2.63. The van der Waals surface area contributed by atoms with Crippen LogP contribution in [0.4, 0.5) is 0 Å². The summed E-state index contributed by atoms with van der Waals surface area (Å²) in [6, 6.07) is 0. The summed E-state index contributed by atoms with van der Waals surface area (Å²) in [5.74, 6) is 0.728. The predicted octanol–water partition coefficient (Wildman–Crippen LogP) is 0.643. The van der Waals surface area contributed by atoms with Gasteiger partial charge in [0.05, 0.1) is 5.88 Å². The van der Waals surface area contributed by atoms with Crippen molar-refractivity contribution in [2.24, 2.45) is 0 Å². The van der Waals surface area contributed by atoms with E-state index in [2.05, 4.69) is 16.1 Å². The van der Waals surface area contributed by atoms with Crippen LogP contribution in [0.15, 0.2) is 23.0 Å². The highest BCUT2D eigenvalue weighted by Crippen LogP contribution is 2.30. The molecule has 0 aliphatic carbocycles. The van der Waals surface area contributed by atoms with E-state index in [-0.39, 0.29) is 10.9 Å². The van der Waals surface area contributed by atoms with Crippen molar-refractivity contribution in [3.8, 4) is 0 Å². The summed E-state index contributed by atoms with van der Waals surface area (Å²) in [6.45, 7) is 0. The quantitative estimate of drug-likeness (QED) is 0.439. The van der Waals surface area contributed by atoms with Gasteiger partial charge in [-0.25, -0.2) is 0 Å². The van der Waals surface area contributed by atoms with Crippen LogP contribution in [-0.2, 0) is 4.79 Å². The molecule has 0 saturated carbocycles. The monoisotopic (exact) mass is 142 g/mol. The van der Waals surface area contributed by atoms with Crippen LogP contribution < -0.4 is 5.32 Å². The van der Waals surface area contributed by atoms with Crippen molar-refractivity contribution in [1.82, 2.24) is 5.32 Å². The average molecular weight is 142 g/mol. The van der Waals surface area contributed by atoms with Crippen LogP contribution in [0.25, 0.3) is 0 Å². The molecular weight excluding hydrogens is 134 g/mol. The molecule has 9 heavy (non-hydrogen) atoms. The molecule has 0 saturated heterocycles. The van der Waals surface area contributed by atoms with Gasteiger partial charge in [0.2, 0.25) is 0 Å². The fourth-order valence-corrected chi connectivity index (χ4v) is 1.80. The van der Waals surface area contributed by atoms with Crippen molar-refractivity contribution < 1.29 is 4.79 Å². The molecule has 0 aromatic carbocycles. The van der Waals surface area contributed by atoms with E-state index in [1.165, 1.54) is 0 Å². The molecule has 0 unspecified atom stereocenters. The Morgan fingerprint density at radius 1 is 1.44 bits per heavy atom. The molecule has 49 valence electrons. The van der Waals surface area contributed by atoms with Gasteiger partial charge >= 0.3 is 6.41 Å². The predicted molar refractivity (Wildman–Crippen MR) is 41.0 cm³/mol.